The van der Waals surface area contributed by atoms with Crippen LogP contribution in [0.3, 0.4) is 0 Å². The van der Waals surface area contributed by atoms with Crippen LogP contribution in [0.25, 0.3) is 0 Å². The van der Waals surface area contributed by atoms with Crippen molar-refractivity contribution in [2.45, 2.75) is 24.8 Å². The maximum Gasteiger partial charge on any atom is 0.243 e. The van der Waals surface area contributed by atoms with E-state index in [2.05, 4.69) is 0 Å². The molecule has 1 aromatic carbocycles. The van der Waals surface area contributed by atoms with Crippen molar-refractivity contribution in [2.75, 3.05) is 24.6 Å². The molecule has 2 rings (SSSR count). The Morgan fingerprint density at radius 3 is 2.62 bits per heavy atom. The molecule has 1 heterocycles. The average molecular weight is 333 g/mol. The van der Waals surface area contributed by atoms with Gasteiger partial charge in [-0.15, -0.1) is 0 Å². The van der Waals surface area contributed by atoms with E-state index in [-0.39, 0.29) is 36.1 Å². The van der Waals surface area contributed by atoms with E-state index < -0.39 is 19.9 Å². The summed E-state index contributed by atoms with van der Waals surface area (Å²) in [5.74, 6) is -0.125. The fraction of sp³-hybridized carbons (Fsp3) is 0.538. The highest BCUT2D eigenvalue weighted by atomic mass is 32.2. The Hall–Kier alpha value is -0.960. The molecular formula is C13H19NO5S2. The van der Waals surface area contributed by atoms with Crippen molar-refractivity contribution in [1.29, 1.82) is 0 Å². The van der Waals surface area contributed by atoms with Crippen LogP contribution in [0.1, 0.15) is 17.5 Å². The predicted molar refractivity (Wildman–Crippen MR) is 79.1 cm³/mol. The molecule has 1 fully saturated rings. The normalized spacial score (nSPS) is 20.1. The summed E-state index contributed by atoms with van der Waals surface area (Å²) in [4.78, 5) is 0.0939. The van der Waals surface area contributed by atoms with E-state index in [4.69, 9.17) is 0 Å². The highest BCUT2D eigenvalue weighted by Gasteiger charge is 2.29. The zero-order valence-electron chi connectivity index (χ0n) is 11.8. The van der Waals surface area contributed by atoms with Gasteiger partial charge in [-0.05, 0) is 36.6 Å². The van der Waals surface area contributed by atoms with Gasteiger partial charge in [0.05, 0.1) is 23.0 Å². The van der Waals surface area contributed by atoms with Crippen LogP contribution in [0.2, 0.25) is 0 Å². The number of hydrogen-bond donors (Lipinski definition) is 1. The Kier molecular flexibility index (Phi) is 4.72. The van der Waals surface area contributed by atoms with Crippen LogP contribution in [0, 0.1) is 6.92 Å². The first-order chi connectivity index (χ1) is 9.76. The topological polar surface area (TPSA) is 91.8 Å². The van der Waals surface area contributed by atoms with Crippen LogP contribution in [-0.4, -0.2) is 50.8 Å². The molecule has 1 aromatic rings. The summed E-state index contributed by atoms with van der Waals surface area (Å²) in [5, 5.41) is 9.24. The highest BCUT2D eigenvalue weighted by Crippen LogP contribution is 2.21. The molecule has 0 radical (unpaired) electrons. The molecule has 21 heavy (non-hydrogen) atoms. The third kappa shape index (κ3) is 3.63. The fourth-order valence-corrected chi connectivity index (χ4v) is 5.20. The molecule has 0 spiro atoms. The number of benzene rings is 1. The molecule has 8 heteroatoms. The van der Waals surface area contributed by atoms with Crippen molar-refractivity contribution in [2.24, 2.45) is 0 Å². The molecule has 0 bridgehead atoms. The number of sulfonamides is 1. The summed E-state index contributed by atoms with van der Waals surface area (Å²) in [5.41, 5.74) is 1.37. The van der Waals surface area contributed by atoms with Crippen LogP contribution in [0.4, 0.5) is 0 Å². The van der Waals surface area contributed by atoms with Gasteiger partial charge in [-0.1, -0.05) is 6.07 Å². The lowest BCUT2D eigenvalue weighted by molar-refractivity contribution is 0.280. The molecule has 0 amide bonds. The molecule has 0 aliphatic carbocycles. The lowest BCUT2D eigenvalue weighted by Gasteiger charge is -2.20. The van der Waals surface area contributed by atoms with Gasteiger partial charge in [-0.3, -0.25) is 0 Å². The Labute approximate surface area is 125 Å². The molecule has 1 N–H and O–H groups in total. The van der Waals surface area contributed by atoms with Crippen molar-refractivity contribution in [3.63, 3.8) is 0 Å². The minimum Gasteiger partial charge on any atom is -0.392 e. The summed E-state index contributed by atoms with van der Waals surface area (Å²) in [7, 11) is -6.89. The van der Waals surface area contributed by atoms with Crippen molar-refractivity contribution in [1.82, 2.24) is 4.31 Å². The predicted octanol–water partition coefficient (Wildman–Crippen LogP) is 0.297. The summed E-state index contributed by atoms with van der Waals surface area (Å²) >= 11 is 0. The molecule has 1 aliphatic heterocycles. The molecule has 118 valence electrons. The van der Waals surface area contributed by atoms with Crippen molar-refractivity contribution < 1.29 is 21.9 Å². The molecule has 6 nitrogen and oxygen atoms in total. The second kappa shape index (κ2) is 6.04. The van der Waals surface area contributed by atoms with E-state index >= 15 is 0 Å². The quantitative estimate of drug-likeness (QED) is 0.859. The van der Waals surface area contributed by atoms with Gasteiger partial charge in [0.15, 0.2) is 9.84 Å². The number of sulfone groups is 1. The number of aliphatic hydroxyl groups excluding tert-OH is 1. The zero-order chi connectivity index (χ0) is 15.7. The van der Waals surface area contributed by atoms with Crippen molar-refractivity contribution in [3.8, 4) is 0 Å². The van der Waals surface area contributed by atoms with E-state index in [0.717, 1.165) is 5.56 Å². The van der Waals surface area contributed by atoms with Crippen LogP contribution < -0.4 is 0 Å². The monoisotopic (exact) mass is 333 g/mol. The van der Waals surface area contributed by atoms with E-state index in [9.17, 15) is 21.9 Å². The molecule has 0 saturated carbocycles. The molecule has 0 aromatic heterocycles. The number of nitrogens with zero attached hydrogens (tertiary/aromatic N) is 1. The van der Waals surface area contributed by atoms with Crippen molar-refractivity contribution in [3.05, 3.63) is 29.3 Å². The van der Waals surface area contributed by atoms with E-state index in [1.807, 2.05) is 0 Å². The fourth-order valence-electron chi connectivity index (χ4n) is 2.28. The molecule has 1 saturated heterocycles. The average Bonchev–Trinajstić information content (AvgIpc) is 2.60. The van der Waals surface area contributed by atoms with Crippen LogP contribution in [0.15, 0.2) is 23.1 Å². The van der Waals surface area contributed by atoms with Gasteiger partial charge < -0.3 is 5.11 Å². The third-order valence-electron chi connectivity index (χ3n) is 3.64. The van der Waals surface area contributed by atoms with Crippen LogP contribution in [-0.2, 0) is 26.5 Å². The first-order valence-electron chi connectivity index (χ1n) is 6.67. The Morgan fingerprint density at radius 1 is 1.24 bits per heavy atom. The summed E-state index contributed by atoms with van der Waals surface area (Å²) in [6.45, 7) is 1.74. The van der Waals surface area contributed by atoms with Gasteiger partial charge in [0.2, 0.25) is 10.0 Å². The second-order valence-corrected chi connectivity index (χ2v) is 9.40. The van der Waals surface area contributed by atoms with Gasteiger partial charge in [0.25, 0.3) is 0 Å². The second-order valence-electron chi connectivity index (χ2n) is 5.16. The van der Waals surface area contributed by atoms with E-state index in [1.54, 1.807) is 13.0 Å². The summed E-state index contributed by atoms with van der Waals surface area (Å²) in [6.07, 6.45) is 0.306. The Balaban J connectivity index is 2.33. The third-order valence-corrected chi connectivity index (χ3v) is 7.25. The molecule has 0 atom stereocenters. The van der Waals surface area contributed by atoms with Gasteiger partial charge in [-0.2, -0.15) is 4.31 Å². The number of aryl methyl sites for hydroxylation is 1. The molecule has 1 aliphatic rings. The summed E-state index contributed by atoms with van der Waals surface area (Å²) < 4.78 is 49.5. The Bertz CT molecular complexity index is 725. The van der Waals surface area contributed by atoms with Crippen molar-refractivity contribution >= 4 is 19.9 Å². The highest BCUT2D eigenvalue weighted by molar-refractivity contribution is 7.91. The van der Waals surface area contributed by atoms with Crippen LogP contribution in [0.5, 0.6) is 0 Å². The minimum atomic E-state index is -3.73. The zero-order valence-corrected chi connectivity index (χ0v) is 13.5. The number of rotatable bonds is 3. The maximum atomic E-state index is 12.6. The minimum absolute atomic E-state index is 0.0208. The smallest absolute Gasteiger partial charge is 0.243 e. The molecule has 0 unspecified atom stereocenters. The lowest BCUT2D eigenvalue weighted by Crippen LogP contribution is -2.33. The number of aliphatic hydroxyl groups is 1. The largest absolute Gasteiger partial charge is 0.392 e. The van der Waals surface area contributed by atoms with Gasteiger partial charge >= 0.3 is 0 Å². The first kappa shape index (κ1) is 16.4. The molecular weight excluding hydrogens is 314 g/mol. The first-order valence-corrected chi connectivity index (χ1v) is 9.93. The standard InChI is InChI=1S/C13H19NO5S2/c1-11-3-4-13(9-12(11)10-15)21(18,19)14-5-2-7-20(16,17)8-6-14/h3-4,9,15H,2,5-8,10H2,1H3. The SMILES string of the molecule is Cc1ccc(S(=O)(=O)N2CCCS(=O)(=O)CC2)cc1CO. The van der Waals surface area contributed by atoms with E-state index in [0.29, 0.717) is 12.0 Å². The van der Waals surface area contributed by atoms with Gasteiger partial charge in [-0.25, -0.2) is 16.8 Å². The van der Waals surface area contributed by atoms with Gasteiger partial charge in [0.1, 0.15) is 0 Å². The summed E-state index contributed by atoms with van der Waals surface area (Å²) in [6, 6.07) is 4.58. The van der Waals surface area contributed by atoms with Crippen LogP contribution >= 0.6 is 0 Å². The van der Waals surface area contributed by atoms with E-state index in [1.165, 1.54) is 16.4 Å². The number of hydrogen-bond acceptors (Lipinski definition) is 5. The lowest BCUT2D eigenvalue weighted by atomic mass is 10.1. The Morgan fingerprint density at radius 2 is 1.95 bits per heavy atom. The van der Waals surface area contributed by atoms with Gasteiger partial charge in [0, 0.05) is 13.1 Å². The maximum absolute atomic E-state index is 12.6.